The molecule has 0 aliphatic carbocycles. The molecule has 0 unspecified atom stereocenters. The van der Waals surface area contributed by atoms with Crippen molar-refractivity contribution in [3.8, 4) is 0 Å². The number of nitrogens with zero attached hydrogens (tertiary/aromatic N) is 3. The summed E-state index contributed by atoms with van der Waals surface area (Å²) in [7, 11) is 0. The van der Waals surface area contributed by atoms with E-state index in [2.05, 4.69) is 41.5 Å². The average Bonchev–Trinajstić information content (AvgIpc) is 3.04. The van der Waals surface area contributed by atoms with E-state index in [1.54, 1.807) is 17.5 Å². The smallest absolute Gasteiger partial charge is 0.277 e. The molecule has 0 saturated carbocycles. The monoisotopic (exact) mass is 417 g/mol. The minimum absolute atomic E-state index is 0.119. The molecule has 0 saturated heterocycles. The molecule has 0 bridgehead atoms. The molecule has 3 rings (SSSR count). The SMILES string of the molecule is O=C(Cc1csc(NC(=O)c2cnccn2)n1)Nc1ccc(Br)cc1. The van der Waals surface area contributed by atoms with Crippen molar-refractivity contribution in [2.75, 3.05) is 10.6 Å². The maximum atomic E-state index is 12.1. The van der Waals surface area contributed by atoms with E-state index in [1.807, 2.05) is 12.1 Å². The quantitative estimate of drug-likeness (QED) is 0.664. The van der Waals surface area contributed by atoms with Gasteiger partial charge in [0.1, 0.15) is 5.69 Å². The van der Waals surface area contributed by atoms with Crippen LogP contribution >= 0.6 is 27.3 Å². The Labute approximate surface area is 155 Å². The molecule has 9 heteroatoms. The summed E-state index contributed by atoms with van der Waals surface area (Å²) in [6, 6.07) is 7.29. The highest BCUT2D eigenvalue weighted by Crippen LogP contribution is 2.18. The first-order valence-electron chi connectivity index (χ1n) is 7.17. The summed E-state index contributed by atoms with van der Waals surface area (Å²) in [6.07, 6.45) is 4.42. The molecule has 0 aliphatic rings. The lowest BCUT2D eigenvalue weighted by atomic mass is 10.3. The van der Waals surface area contributed by atoms with E-state index in [-0.39, 0.29) is 18.0 Å². The van der Waals surface area contributed by atoms with Crippen LogP contribution in [0.2, 0.25) is 0 Å². The van der Waals surface area contributed by atoms with E-state index in [0.29, 0.717) is 16.5 Å². The molecule has 1 aromatic carbocycles. The number of aromatic nitrogens is 3. The second-order valence-corrected chi connectivity index (χ2v) is 6.69. The van der Waals surface area contributed by atoms with Crippen molar-refractivity contribution in [1.82, 2.24) is 15.0 Å². The van der Waals surface area contributed by atoms with E-state index in [1.165, 1.54) is 29.9 Å². The molecule has 0 atom stereocenters. The van der Waals surface area contributed by atoms with Crippen molar-refractivity contribution in [1.29, 1.82) is 0 Å². The van der Waals surface area contributed by atoms with Gasteiger partial charge in [-0.1, -0.05) is 15.9 Å². The van der Waals surface area contributed by atoms with Crippen LogP contribution in [0.3, 0.4) is 0 Å². The summed E-state index contributed by atoms with van der Waals surface area (Å²) in [6.45, 7) is 0. The van der Waals surface area contributed by atoms with Gasteiger partial charge in [-0.05, 0) is 24.3 Å². The molecule has 0 radical (unpaired) electrons. The van der Waals surface area contributed by atoms with E-state index in [4.69, 9.17) is 0 Å². The van der Waals surface area contributed by atoms with Crippen LogP contribution in [0.15, 0.2) is 52.7 Å². The van der Waals surface area contributed by atoms with E-state index < -0.39 is 5.91 Å². The van der Waals surface area contributed by atoms with Crippen LogP contribution < -0.4 is 10.6 Å². The highest BCUT2D eigenvalue weighted by Gasteiger charge is 2.12. The van der Waals surface area contributed by atoms with Crippen LogP contribution in [0, 0.1) is 0 Å². The highest BCUT2D eigenvalue weighted by atomic mass is 79.9. The summed E-state index contributed by atoms with van der Waals surface area (Å²) in [5.74, 6) is -0.576. The second kappa shape index (κ2) is 7.95. The maximum absolute atomic E-state index is 12.1. The maximum Gasteiger partial charge on any atom is 0.277 e. The number of anilines is 2. The third-order valence-electron chi connectivity index (χ3n) is 3.04. The van der Waals surface area contributed by atoms with E-state index >= 15 is 0 Å². The predicted octanol–water partition coefficient (Wildman–Crippen LogP) is 3.13. The van der Waals surface area contributed by atoms with Crippen LogP contribution in [0.1, 0.15) is 16.2 Å². The van der Waals surface area contributed by atoms with E-state index in [0.717, 1.165) is 4.47 Å². The molecule has 25 heavy (non-hydrogen) atoms. The number of nitrogens with one attached hydrogen (secondary N) is 2. The minimum atomic E-state index is -0.395. The van der Waals surface area contributed by atoms with Gasteiger partial charge in [0.2, 0.25) is 5.91 Å². The topological polar surface area (TPSA) is 96.9 Å². The second-order valence-electron chi connectivity index (χ2n) is 4.92. The van der Waals surface area contributed by atoms with Gasteiger partial charge in [-0.15, -0.1) is 11.3 Å². The Balaban J connectivity index is 1.57. The molecule has 2 N–H and O–H groups in total. The van der Waals surface area contributed by atoms with Gasteiger partial charge in [0.05, 0.1) is 18.3 Å². The number of hydrogen-bond donors (Lipinski definition) is 2. The normalized spacial score (nSPS) is 10.3. The molecular weight excluding hydrogens is 406 g/mol. The molecule has 126 valence electrons. The predicted molar refractivity (Wildman–Crippen MR) is 98.6 cm³/mol. The lowest BCUT2D eigenvalue weighted by molar-refractivity contribution is -0.115. The molecular formula is C16H12BrN5O2S. The van der Waals surface area contributed by atoms with Gasteiger partial charge in [-0.25, -0.2) is 9.97 Å². The Morgan fingerprint density at radius 2 is 1.92 bits per heavy atom. The molecule has 0 spiro atoms. The molecule has 7 nitrogen and oxygen atoms in total. The van der Waals surface area contributed by atoms with Crippen LogP contribution in [0.25, 0.3) is 0 Å². The standard InChI is InChI=1S/C16H12BrN5O2S/c17-10-1-3-11(4-2-10)20-14(23)7-12-9-25-16(21-12)22-15(24)13-8-18-5-6-19-13/h1-6,8-9H,7H2,(H,20,23)(H,21,22,24). The fourth-order valence-electron chi connectivity index (χ4n) is 1.93. The third kappa shape index (κ3) is 4.91. The van der Waals surface area contributed by atoms with Crippen LogP contribution in [0.5, 0.6) is 0 Å². The summed E-state index contributed by atoms with van der Waals surface area (Å²) >= 11 is 4.59. The van der Waals surface area contributed by atoms with Gasteiger partial charge in [-0.2, -0.15) is 0 Å². The highest BCUT2D eigenvalue weighted by molar-refractivity contribution is 9.10. The van der Waals surface area contributed by atoms with Crippen molar-refractivity contribution in [3.05, 3.63) is 64.1 Å². The zero-order valence-corrected chi connectivity index (χ0v) is 15.2. The first-order valence-corrected chi connectivity index (χ1v) is 8.84. The van der Waals surface area contributed by atoms with Crippen molar-refractivity contribution >= 4 is 49.9 Å². The Morgan fingerprint density at radius 1 is 1.12 bits per heavy atom. The van der Waals surface area contributed by atoms with Gasteiger partial charge >= 0.3 is 0 Å². The summed E-state index contributed by atoms with van der Waals surface area (Å²) < 4.78 is 0.938. The van der Waals surface area contributed by atoms with Crippen molar-refractivity contribution in [3.63, 3.8) is 0 Å². The first kappa shape index (κ1) is 17.2. The number of hydrogen-bond acceptors (Lipinski definition) is 6. The fraction of sp³-hybridized carbons (Fsp3) is 0.0625. The molecule has 0 fully saturated rings. The first-order chi connectivity index (χ1) is 12.1. The van der Waals surface area contributed by atoms with Gasteiger partial charge in [0.25, 0.3) is 5.91 Å². The zero-order chi connectivity index (χ0) is 17.6. The Bertz CT molecular complexity index is 883. The number of benzene rings is 1. The lowest BCUT2D eigenvalue weighted by Gasteiger charge is -2.04. The molecule has 0 aliphatic heterocycles. The zero-order valence-electron chi connectivity index (χ0n) is 12.8. The summed E-state index contributed by atoms with van der Waals surface area (Å²) in [5.41, 5.74) is 1.49. The molecule has 2 amide bonds. The Hall–Kier alpha value is -2.65. The van der Waals surface area contributed by atoms with Gasteiger partial charge in [0, 0.05) is 27.9 Å². The van der Waals surface area contributed by atoms with Gasteiger partial charge in [0.15, 0.2) is 5.13 Å². The van der Waals surface area contributed by atoms with Crippen molar-refractivity contribution < 1.29 is 9.59 Å². The van der Waals surface area contributed by atoms with Crippen molar-refractivity contribution in [2.45, 2.75) is 6.42 Å². The number of carbonyl (C=O) groups excluding carboxylic acids is 2. The van der Waals surface area contributed by atoms with E-state index in [9.17, 15) is 9.59 Å². The van der Waals surface area contributed by atoms with Crippen LogP contribution in [0.4, 0.5) is 10.8 Å². The van der Waals surface area contributed by atoms with Crippen LogP contribution in [-0.2, 0) is 11.2 Å². The summed E-state index contributed by atoms with van der Waals surface area (Å²) in [5, 5.41) is 7.56. The number of rotatable bonds is 5. The molecule has 2 heterocycles. The van der Waals surface area contributed by atoms with Gasteiger partial charge < -0.3 is 5.32 Å². The van der Waals surface area contributed by atoms with Crippen LogP contribution in [-0.4, -0.2) is 26.8 Å². The fourth-order valence-corrected chi connectivity index (χ4v) is 2.90. The lowest BCUT2D eigenvalue weighted by Crippen LogP contribution is -2.15. The van der Waals surface area contributed by atoms with Crippen molar-refractivity contribution in [2.24, 2.45) is 0 Å². The number of thiazole rings is 1. The Kier molecular flexibility index (Phi) is 5.46. The van der Waals surface area contributed by atoms with Gasteiger partial charge in [-0.3, -0.25) is 19.9 Å². The Morgan fingerprint density at radius 3 is 2.64 bits per heavy atom. The number of amides is 2. The molecule has 3 aromatic rings. The summed E-state index contributed by atoms with van der Waals surface area (Å²) in [4.78, 5) is 36.0. The largest absolute Gasteiger partial charge is 0.326 e. The minimum Gasteiger partial charge on any atom is -0.326 e. The number of halogens is 1. The number of carbonyl (C=O) groups is 2. The molecule has 2 aromatic heterocycles. The average molecular weight is 418 g/mol. The third-order valence-corrected chi connectivity index (χ3v) is 4.37.